The van der Waals surface area contributed by atoms with E-state index >= 15 is 0 Å². The number of hydrogen-bond acceptors (Lipinski definition) is 12. The highest BCUT2D eigenvalue weighted by Crippen LogP contribution is 2.57. The topological polar surface area (TPSA) is 112 Å². The molecule has 15 nitrogen and oxygen atoms in total. The lowest BCUT2D eigenvalue weighted by Crippen LogP contribution is -2.23. The van der Waals surface area contributed by atoms with Crippen LogP contribution >= 0.6 is 0 Å². The third kappa shape index (κ3) is 9.75. The van der Waals surface area contributed by atoms with Gasteiger partial charge in [0.1, 0.15) is 17.1 Å². The number of anilines is 18. The summed E-state index contributed by atoms with van der Waals surface area (Å²) < 4.78 is 5.52. The van der Waals surface area contributed by atoms with Crippen molar-refractivity contribution in [1.29, 1.82) is 0 Å². The van der Waals surface area contributed by atoms with Gasteiger partial charge in [-0.3, -0.25) is 0 Å². The minimum absolute atomic E-state index is 0.650. The lowest BCUT2D eigenvalue weighted by molar-refractivity contribution is 0.803. The zero-order chi connectivity index (χ0) is 65.3. The number of fused-ring (bicyclic) bond motifs is 6. The van der Waals surface area contributed by atoms with E-state index in [1.807, 2.05) is 32.6 Å². The second-order valence-electron chi connectivity index (χ2n) is 24.5. The largest absolute Gasteiger partial charge is 0.306 e. The van der Waals surface area contributed by atoms with Crippen LogP contribution in [0, 0.1) is 0 Å². The summed E-state index contributed by atoms with van der Waals surface area (Å²) in [5.74, 6) is 0. The molecule has 0 saturated carbocycles. The fraction of sp³-hybridized carbons (Fsp3) is 0. The SMILES string of the molecule is c1ccc(N2c3ccccc3N(c3cccc(-n4cc(-c5cc(-c6cn(-c7cccc(N8c9ccccc9N(c9ccccc9)c9ccccc98)c7)nn6)cc(-c6cn(-c7cccc(N8c9ccccc9N(c9ccccc9)c9ccccc98)c7)nn6)c5)nn4)c3)c3ccccc32)cc1. The van der Waals surface area contributed by atoms with Crippen molar-refractivity contribution in [2.24, 2.45) is 0 Å². The molecule has 99 heavy (non-hydrogen) atoms. The number of para-hydroxylation sites is 15. The van der Waals surface area contributed by atoms with E-state index in [4.69, 9.17) is 30.9 Å². The van der Waals surface area contributed by atoms with Crippen LogP contribution in [0.1, 0.15) is 0 Å². The fourth-order valence-corrected chi connectivity index (χ4v) is 14.2. The first-order chi connectivity index (χ1) is 49.1. The van der Waals surface area contributed by atoms with E-state index in [0.717, 1.165) is 136 Å². The molecule has 0 unspecified atom stereocenters. The first-order valence-electron chi connectivity index (χ1n) is 32.8. The fourth-order valence-electron chi connectivity index (χ4n) is 14.2. The van der Waals surface area contributed by atoms with Gasteiger partial charge in [-0.05, 0) is 182 Å². The zero-order valence-corrected chi connectivity index (χ0v) is 53.1. The standard InChI is InChI=1S/C84H57N15/c1-4-25-61(26-5-1)94-73-37-10-16-43-79(73)97(80-44-17-11-38-74(80)94)67-34-22-31-64(52-67)91-55-70(85-88-91)58-49-59(71-56-92(89-86-71)65-32-23-35-68(53-65)98-81-45-18-12-39-75(81)95(62-27-6-2-7-28-62)76-40-13-19-46-82(76)98)51-60(50-58)72-57-93(90-87-72)66-33-24-36-69(54-66)99-83-47-20-14-41-77(83)96(63-29-8-3-9-30-63)78-42-15-21-48-84(78)99/h1-57H. The van der Waals surface area contributed by atoms with Crippen LogP contribution in [0.4, 0.5) is 102 Å². The highest BCUT2D eigenvalue weighted by molar-refractivity contribution is 6.04. The minimum Gasteiger partial charge on any atom is -0.306 e. The Morgan fingerprint density at radius 1 is 0.162 bits per heavy atom. The average Bonchev–Trinajstić information content (AvgIpc) is 0.856. The Balaban J connectivity index is 0.691. The summed E-state index contributed by atoms with van der Waals surface area (Å²) in [6.45, 7) is 0. The Morgan fingerprint density at radius 3 is 0.566 bits per heavy atom. The summed E-state index contributed by atoms with van der Waals surface area (Å²) >= 11 is 0. The van der Waals surface area contributed by atoms with E-state index in [1.54, 1.807) is 0 Å². The van der Waals surface area contributed by atoms with Crippen LogP contribution in [0.15, 0.2) is 346 Å². The molecule has 0 atom stereocenters. The number of hydrogen-bond donors (Lipinski definition) is 0. The van der Waals surface area contributed by atoms with Gasteiger partial charge >= 0.3 is 0 Å². The molecule has 468 valence electrons. The van der Waals surface area contributed by atoms with Crippen molar-refractivity contribution in [3.63, 3.8) is 0 Å². The van der Waals surface area contributed by atoms with E-state index in [-0.39, 0.29) is 0 Å². The molecule has 13 aromatic carbocycles. The Morgan fingerprint density at radius 2 is 0.343 bits per heavy atom. The molecule has 3 aliphatic heterocycles. The van der Waals surface area contributed by atoms with Gasteiger partial charge in [0.25, 0.3) is 0 Å². The highest BCUT2D eigenvalue weighted by atomic mass is 15.4. The third-order valence-corrected chi connectivity index (χ3v) is 18.6. The second-order valence-corrected chi connectivity index (χ2v) is 24.5. The molecule has 19 rings (SSSR count). The van der Waals surface area contributed by atoms with Gasteiger partial charge in [0.15, 0.2) is 0 Å². The van der Waals surface area contributed by atoms with Crippen LogP contribution in [0.3, 0.4) is 0 Å². The van der Waals surface area contributed by atoms with E-state index in [0.29, 0.717) is 17.1 Å². The molecule has 0 radical (unpaired) electrons. The van der Waals surface area contributed by atoms with E-state index in [9.17, 15) is 0 Å². The van der Waals surface area contributed by atoms with Crippen molar-refractivity contribution in [3.05, 3.63) is 346 Å². The predicted octanol–water partition coefficient (Wildman–Crippen LogP) is 21.2. The van der Waals surface area contributed by atoms with Crippen LogP contribution in [0.25, 0.3) is 50.8 Å². The summed E-state index contributed by atoms with van der Waals surface area (Å²) in [5, 5.41) is 29.2. The molecule has 15 heteroatoms. The van der Waals surface area contributed by atoms with Crippen LogP contribution in [-0.4, -0.2) is 45.0 Å². The normalized spacial score (nSPS) is 12.7. The van der Waals surface area contributed by atoms with Gasteiger partial charge < -0.3 is 29.4 Å². The molecule has 16 aromatic rings. The maximum atomic E-state index is 4.91. The predicted molar refractivity (Wildman–Crippen MR) is 396 cm³/mol. The maximum absolute atomic E-state index is 4.91. The van der Waals surface area contributed by atoms with Gasteiger partial charge in [-0.25, -0.2) is 14.0 Å². The van der Waals surface area contributed by atoms with Crippen molar-refractivity contribution in [2.45, 2.75) is 0 Å². The van der Waals surface area contributed by atoms with Crippen molar-refractivity contribution in [1.82, 2.24) is 45.0 Å². The summed E-state index contributed by atoms with van der Waals surface area (Å²) in [6.07, 6.45) is 5.94. The molecular formula is C84H57N15. The molecule has 3 aliphatic rings. The van der Waals surface area contributed by atoms with E-state index in [2.05, 4.69) is 357 Å². The van der Waals surface area contributed by atoms with Gasteiger partial charge in [-0.2, -0.15) is 0 Å². The number of benzene rings is 13. The van der Waals surface area contributed by atoms with Crippen molar-refractivity contribution in [3.8, 4) is 50.8 Å². The number of rotatable bonds is 12. The Bertz CT molecular complexity index is 5020. The summed E-state index contributed by atoms with van der Waals surface area (Å²) in [4.78, 5) is 14.0. The summed E-state index contributed by atoms with van der Waals surface area (Å²) in [5.41, 5.74) is 25.8. The first kappa shape index (κ1) is 56.6. The minimum atomic E-state index is 0.650. The van der Waals surface area contributed by atoms with Gasteiger partial charge in [-0.1, -0.05) is 161 Å². The van der Waals surface area contributed by atoms with Crippen LogP contribution in [0.2, 0.25) is 0 Å². The lowest BCUT2D eigenvalue weighted by atomic mass is 10.0. The van der Waals surface area contributed by atoms with Crippen LogP contribution < -0.4 is 29.4 Å². The van der Waals surface area contributed by atoms with Gasteiger partial charge in [0.05, 0.1) is 104 Å². The highest BCUT2D eigenvalue weighted by Gasteiger charge is 2.34. The molecule has 0 fully saturated rings. The first-order valence-corrected chi connectivity index (χ1v) is 32.8. The number of nitrogens with zero attached hydrogens (tertiary/aromatic N) is 15. The second kappa shape index (κ2) is 23.5. The molecule has 6 heterocycles. The molecule has 0 bridgehead atoms. The zero-order valence-electron chi connectivity index (χ0n) is 53.1. The van der Waals surface area contributed by atoms with Crippen molar-refractivity contribution >= 4 is 102 Å². The maximum Gasteiger partial charge on any atom is 0.113 e. The molecule has 0 amide bonds. The summed E-state index contributed by atoms with van der Waals surface area (Å²) in [7, 11) is 0. The smallest absolute Gasteiger partial charge is 0.113 e. The molecular weight excluding hydrogens is 1220 g/mol. The van der Waals surface area contributed by atoms with Gasteiger partial charge in [-0.15, -0.1) is 15.3 Å². The quantitative estimate of drug-likeness (QED) is 0.116. The molecule has 0 saturated heterocycles. The van der Waals surface area contributed by atoms with Gasteiger partial charge in [0.2, 0.25) is 0 Å². The monoisotopic (exact) mass is 1280 g/mol. The average molecular weight is 1280 g/mol. The molecule has 3 aromatic heterocycles. The van der Waals surface area contributed by atoms with Crippen LogP contribution in [0.5, 0.6) is 0 Å². The molecule has 0 spiro atoms. The Labute approximate surface area is 570 Å². The van der Waals surface area contributed by atoms with Crippen molar-refractivity contribution in [2.75, 3.05) is 29.4 Å². The van der Waals surface area contributed by atoms with Crippen LogP contribution in [-0.2, 0) is 0 Å². The summed E-state index contributed by atoms with van der Waals surface area (Å²) in [6, 6.07) is 115. The van der Waals surface area contributed by atoms with Crippen molar-refractivity contribution < 1.29 is 0 Å². The Hall–Kier alpha value is -13.9. The lowest BCUT2D eigenvalue weighted by Gasteiger charge is -2.40. The molecule has 0 aliphatic carbocycles. The third-order valence-electron chi connectivity index (χ3n) is 18.6. The van der Waals surface area contributed by atoms with Gasteiger partial charge in [0, 0.05) is 50.8 Å². The molecule has 0 N–H and O–H groups in total. The Kier molecular flexibility index (Phi) is 13.4. The van der Waals surface area contributed by atoms with E-state index < -0.39 is 0 Å². The number of aromatic nitrogens is 9. The van der Waals surface area contributed by atoms with E-state index in [1.165, 1.54) is 0 Å².